The lowest BCUT2D eigenvalue weighted by Gasteiger charge is -2.22. The molecule has 0 spiro atoms. The summed E-state index contributed by atoms with van der Waals surface area (Å²) in [5.74, 6) is 3.35. The molecule has 1 aliphatic rings. The fourth-order valence-electron chi connectivity index (χ4n) is 4.57. The van der Waals surface area contributed by atoms with Crippen molar-refractivity contribution in [3.63, 3.8) is 0 Å². The molecule has 2 aromatic heterocycles. The number of hydrogen-bond acceptors (Lipinski definition) is 10. The Bertz CT molecular complexity index is 1490. The van der Waals surface area contributed by atoms with Crippen LogP contribution in [-0.2, 0) is 30.8 Å². The summed E-state index contributed by atoms with van der Waals surface area (Å²) in [6.07, 6.45) is 0.712. The highest BCUT2D eigenvalue weighted by Crippen LogP contribution is 2.34. The van der Waals surface area contributed by atoms with Gasteiger partial charge in [-0.25, -0.2) is 4.68 Å². The molecule has 0 fully saturated rings. The number of nitrogens with zero attached hydrogens (tertiary/aromatic N) is 5. The van der Waals surface area contributed by atoms with Gasteiger partial charge in [0.25, 0.3) is 5.56 Å². The molecule has 0 bridgehead atoms. The number of benzene rings is 2. The number of hydrogen-bond donors (Lipinski definition) is 1. The van der Waals surface area contributed by atoms with Gasteiger partial charge in [0.05, 0.1) is 39.4 Å². The first-order chi connectivity index (χ1) is 19.1. The summed E-state index contributed by atoms with van der Waals surface area (Å²) in [5, 5.41) is 13.1. The number of H-pyrrole nitrogens is 1. The van der Waals surface area contributed by atoms with Gasteiger partial charge in [0.2, 0.25) is 0 Å². The summed E-state index contributed by atoms with van der Waals surface area (Å²) in [7, 11) is 4.87. The van der Waals surface area contributed by atoms with Crippen LogP contribution >= 0.6 is 0 Å². The van der Waals surface area contributed by atoms with Crippen molar-refractivity contribution >= 4 is 10.9 Å². The number of aromatic nitrogens is 5. The van der Waals surface area contributed by atoms with Gasteiger partial charge in [-0.2, -0.15) is 0 Å². The summed E-state index contributed by atoms with van der Waals surface area (Å²) in [6.45, 7) is 3.49. The minimum Gasteiger partial charge on any atom is -0.493 e. The number of fused-ring (bicyclic) bond motifs is 2. The molecule has 206 valence electrons. The summed E-state index contributed by atoms with van der Waals surface area (Å²) >= 11 is 0. The molecule has 1 N–H and O–H groups in total. The normalized spacial score (nSPS) is 12.7. The largest absolute Gasteiger partial charge is 0.493 e. The van der Waals surface area contributed by atoms with E-state index >= 15 is 0 Å². The van der Waals surface area contributed by atoms with E-state index in [2.05, 4.69) is 25.4 Å². The van der Waals surface area contributed by atoms with Gasteiger partial charge < -0.3 is 28.7 Å². The number of ether oxygens (including phenoxy) is 5. The summed E-state index contributed by atoms with van der Waals surface area (Å²) < 4.78 is 29.2. The van der Waals surface area contributed by atoms with Gasteiger partial charge in [-0.05, 0) is 46.7 Å². The Labute approximate surface area is 225 Å². The molecule has 2 aromatic carbocycles. The highest BCUT2D eigenvalue weighted by atomic mass is 16.6. The zero-order chi connectivity index (χ0) is 27.2. The molecular formula is C27H32N6O6. The highest BCUT2D eigenvalue weighted by Gasteiger charge is 2.18. The third-order valence-electron chi connectivity index (χ3n) is 6.62. The topological polar surface area (TPSA) is 126 Å². The number of aromatic amines is 1. The predicted octanol–water partition coefficient (Wildman–Crippen LogP) is 2.19. The van der Waals surface area contributed by atoms with E-state index in [-0.39, 0.29) is 5.56 Å². The molecule has 12 heteroatoms. The first-order valence-electron chi connectivity index (χ1n) is 12.7. The van der Waals surface area contributed by atoms with E-state index in [1.54, 1.807) is 26.0 Å². The average Bonchev–Trinajstić information content (AvgIpc) is 3.40. The van der Waals surface area contributed by atoms with Crippen molar-refractivity contribution in [3.8, 4) is 23.0 Å². The Morgan fingerprint density at radius 2 is 1.79 bits per heavy atom. The SMILES string of the molecule is COCCn1nnnc1CN(CCc1ccc(OC)c(OC)c1)Cc1cc2cc3c(cc2[nH]c1=O)OCCO3. The van der Waals surface area contributed by atoms with Crippen LogP contribution in [0.15, 0.2) is 41.2 Å². The molecule has 0 atom stereocenters. The molecule has 39 heavy (non-hydrogen) atoms. The van der Waals surface area contributed by atoms with Crippen LogP contribution in [0.5, 0.6) is 23.0 Å². The van der Waals surface area contributed by atoms with Crippen molar-refractivity contribution in [2.75, 3.05) is 47.7 Å². The van der Waals surface area contributed by atoms with Crippen molar-refractivity contribution < 1.29 is 23.7 Å². The minimum atomic E-state index is -0.158. The van der Waals surface area contributed by atoms with Gasteiger partial charge in [-0.1, -0.05) is 6.07 Å². The maximum absolute atomic E-state index is 13.1. The van der Waals surface area contributed by atoms with E-state index in [1.165, 1.54) is 0 Å². The van der Waals surface area contributed by atoms with Crippen LogP contribution in [-0.4, -0.2) is 77.8 Å². The average molecular weight is 537 g/mol. The smallest absolute Gasteiger partial charge is 0.252 e. The Morgan fingerprint density at radius 1 is 1.00 bits per heavy atom. The zero-order valence-electron chi connectivity index (χ0n) is 22.3. The molecule has 0 amide bonds. The van der Waals surface area contributed by atoms with Crippen LogP contribution in [0.4, 0.5) is 0 Å². The lowest BCUT2D eigenvalue weighted by Crippen LogP contribution is -2.30. The molecular weight excluding hydrogens is 504 g/mol. The number of nitrogens with one attached hydrogen (secondary N) is 1. The van der Waals surface area contributed by atoms with Crippen LogP contribution in [0.3, 0.4) is 0 Å². The molecule has 3 heterocycles. The standard InChI is InChI=1S/C27H32N6O6/c1-35-9-8-33-26(29-30-31-33)17-32(7-6-18-4-5-22(36-2)23(12-18)37-3)16-20-13-19-14-24-25(39-11-10-38-24)15-21(19)28-27(20)34/h4-5,12-15H,6-11,16-17H2,1-3H3,(H,28,34). The third-order valence-corrected chi connectivity index (χ3v) is 6.62. The summed E-state index contributed by atoms with van der Waals surface area (Å²) in [5.41, 5.74) is 2.25. The number of pyridine rings is 1. The maximum atomic E-state index is 13.1. The molecule has 4 aromatic rings. The van der Waals surface area contributed by atoms with Gasteiger partial charge in [0, 0.05) is 37.2 Å². The zero-order valence-corrected chi connectivity index (χ0v) is 22.3. The fourth-order valence-corrected chi connectivity index (χ4v) is 4.57. The molecule has 1 aliphatic heterocycles. The summed E-state index contributed by atoms with van der Waals surface area (Å²) in [4.78, 5) is 18.3. The predicted molar refractivity (Wildman–Crippen MR) is 143 cm³/mol. The van der Waals surface area contributed by atoms with E-state index < -0.39 is 0 Å². The molecule has 5 rings (SSSR count). The van der Waals surface area contributed by atoms with Crippen molar-refractivity contribution in [1.29, 1.82) is 0 Å². The van der Waals surface area contributed by atoms with Gasteiger partial charge in [-0.15, -0.1) is 5.10 Å². The Morgan fingerprint density at radius 3 is 2.56 bits per heavy atom. The van der Waals surface area contributed by atoms with Crippen molar-refractivity contribution in [2.45, 2.75) is 26.1 Å². The molecule has 12 nitrogen and oxygen atoms in total. The Balaban J connectivity index is 1.41. The maximum Gasteiger partial charge on any atom is 0.252 e. The van der Waals surface area contributed by atoms with E-state index in [4.69, 9.17) is 23.7 Å². The van der Waals surface area contributed by atoms with E-state index in [1.807, 2.05) is 36.4 Å². The lowest BCUT2D eigenvalue weighted by atomic mass is 10.1. The molecule has 0 saturated carbocycles. The van der Waals surface area contributed by atoms with Crippen LogP contribution < -0.4 is 24.5 Å². The minimum absolute atomic E-state index is 0.158. The molecule has 0 radical (unpaired) electrons. The van der Waals surface area contributed by atoms with E-state index in [0.717, 1.165) is 10.9 Å². The monoisotopic (exact) mass is 536 g/mol. The molecule has 0 aliphatic carbocycles. The van der Waals surface area contributed by atoms with Gasteiger partial charge in [0.15, 0.2) is 28.8 Å². The van der Waals surface area contributed by atoms with Crippen molar-refractivity contribution in [3.05, 3.63) is 63.7 Å². The van der Waals surface area contributed by atoms with Gasteiger partial charge >= 0.3 is 0 Å². The van der Waals surface area contributed by atoms with Crippen molar-refractivity contribution in [1.82, 2.24) is 30.1 Å². The first-order valence-corrected chi connectivity index (χ1v) is 12.7. The first kappa shape index (κ1) is 26.4. The van der Waals surface area contributed by atoms with Crippen molar-refractivity contribution in [2.24, 2.45) is 0 Å². The third kappa shape index (κ3) is 6.13. The van der Waals surface area contributed by atoms with Gasteiger partial charge in [0.1, 0.15) is 13.2 Å². The fraction of sp³-hybridized carbons (Fsp3) is 0.407. The molecule has 0 unspecified atom stereocenters. The number of rotatable bonds is 12. The molecule has 0 saturated heterocycles. The van der Waals surface area contributed by atoms with Crippen LogP contribution in [0, 0.1) is 0 Å². The highest BCUT2D eigenvalue weighted by molar-refractivity contribution is 5.83. The van der Waals surface area contributed by atoms with Crippen LogP contribution in [0.1, 0.15) is 17.0 Å². The second-order valence-corrected chi connectivity index (χ2v) is 9.17. The second-order valence-electron chi connectivity index (χ2n) is 9.17. The number of methoxy groups -OCH3 is 3. The quantitative estimate of drug-likeness (QED) is 0.288. The van der Waals surface area contributed by atoms with Crippen LogP contribution in [0.25, 0.3) is 10.9 Å². The van der Waals surface area contributed by atoms with Crippen LogP contribution in [0.2, 0.25) is 0 Å². The Kier molecular flexibility index (Phi) is 8.23. The van der Waals surface area contributed by atoms with Gasteiger partial charge in [-0.3, -0.25) is 9.69 Å². The number of tetrazole rings is 1. The van der Waals surface area contributed by atoms with E-state index in [0.29, 0.717) is 92.3 Å². The summed E-state index contributed by atoms with van der Waals surface area (Å²) in [6, 6.07) is 11.5. The van der Waals surface area contributed by atoms with E-state index in [9.17, 15) is 4.79 Å². The lowest BCUT2D eigenvalue weighted by molar-refractivity contribution is 0.172. The Hall–Kier alpha value is -4.16. The second kappa shape index (κ2) is 12.1.